The van der Waals surface area contributed by atoms with E-state index < -0.39 is 0 Å². The van der Waals surface area contributed by atoms with E-state index in [-0.39, 0.29) is 0 Å². The van der Waals surface area contributed by atoms with Crippen molar-refractivity contribution in [3.05, 3.63) is 22.3 Å². The summed E-state index contributed by atoms with van der Waals surface area (Å²) >= 11 is 0. The summed E-state index contributed by atoms with van der Waals surface area (Å²) in [5.41, 5.74) is 19.5. The Hall–Kier alpha value is -1.18. The van der Waals surface area contributed by atoms with Gasteiger partial charge < -0.3 is 11.5 Å². The summed E-state index contributed by atoms with van der Waals surface area (Å²) in [6.45, 7) is 8.59. The third kappa shape index (κ3) is 1.89. The summed E-state index contributed by atoms with van der Waals surface area (Å²) < 4.78 is 0. The van der Waals surface area contributed by atoms with Crippen LogP contribution in [0, 0.1) is 0 Å². The predicted molar refractivity (Wildman–Crippen MR) is 72.8 cm³/mol. The van der Waals surface area contributed by atoms with Crippen molar-refractivity contribution in [1.82, 2.24) is 0 Å². The maximum Gasteiger partial charge on any atom is 0.0385 e. The molecule has 0 aliphatic rings. The highest BCUT2D eigenvalue weighted by atomic mass is 14.6. The Morgan fingerprint density at radius 2 is 0.750 bits per heavy atom. The molecule has 0 saturated heterocycles. The Balaban J connectivity index is 3.60. The van der Waals surface area contributed by atoms with Crippen LogP contribution in [-0.4, -0.2) is 0 Å². The van der Waals surface area contributed by atoms with Crippen LogP contribution >= 0.6 is 0 Å². The van der Waals surface area contributed by atoms with E-state index in [4.69, 9.17) is 11.5 Å². The standard InChI is InChI=1S/C14H24N2/c1-5-9-10(6-2)14(16)12(8-4)11(7-3)13(9)15/h5-8,15-16H2,1-4H3. The first kappa shape index (κ1) is 12.9. The van der Waals surface area contributed by atoms with E-state index >= 15 is 0 Å². The molecule has 0 aromatic heterocycles. The van der Waals surface area contributed by atoms with Gasteiger partial charge >= 0.3 is 0 Å². The molecule has 0 heterocycles. The summed E-state index contributed by atoms with van der Waals surface area (Å²) in [4.78, 5) is 0. The van der Waals surface area contributed by atoms with E-state index in [1.54, 1.807) is 0 Å². The van der Waals surface area contributed by atoms with Crippen molar-refractivity contribution in [2.45, 2.75) is 53.4 Å². The lowest BCUT2D eigenvalue weighted by molar-refractivity contribution is 0.985. The highest BCUT2D eigenvalue weighted by molar-refractivity contribution is 5.71. The second-order valence-corrected chi connectivity index (χ2v) is 4.16. The van der Waals surface area contributed by atoms with E-state index in [1.165, 1.54) is 22.3 Å². The van der Waals surface area contributed by atoms with Crippen LogP contribution in [0.5, 0.6) is 0 Å². The molecular formula is C14H24N2. The molecule has 0 unspecified atom stereocenters. The molecule has 1 rings (SSSR count). The van der Waals surface area contributed by atoms with E-state index in [0.29, 0.717) is 0 Å². The Morgan fingerprint density at radius 3 is 0.875 bits per heavy atom. The van der Waals surface area contributed by atoms with Gasteiger partial charge in [-0.3, -0.25) is 0 Å². The summed E-state index contributed by atoms with van der Waals surface area (Å²) in [7, 11) is 0. The van der Waals surface area contributed by atoms with E-state index in [1.807, 2.05) is 0 Å². The number of hydrogen-bond acceptors (Lipinski definition) is 2. The van der Waals surface area contributed by atoms with Crippen LogP contribution in [0.1, 0.15) is 49.9 Å². The second-order valence-electron chi connectivity index (χ2n) is 4.16. The first-order chi connectivity index (χ1) is 7.62. The number of anilines is 2. The minimum absolute atomic E-state index is 0.968. The van der Waals surface area contributed by atoms with E-state index in [9.17, 15) is 0 Å². The predicted octanol–water partition coefficient (Wildman–Crippen LogP) is 3.10. The van der Waals surface area contributed by atoms with Gasteiger partial charge in [0.05, 0.1) is 0 Å². The van der Waals surface area contributed by atoms with Crippen LogP contribution < -0.4 is 11.5 Å². The molecule has 0 aliphatic heterocycles. The minimum atomic E-state index is 0.968. The lowest BCUT2D eigenvalue weighted by Crippen LogP contribution is -2.11. The Labute approximate surface area is 99.0 Å². The van der Waals surface area contributed by atoms with Gasteiger partial charge in [-0.1, -0.05) is 27.7 Å². The summed E-state index contributed by atoms with van der Waals surface area (Å²) in [6.07, 6.45) is 3.87. The Morgan fingerprint density at radius 1 is 0.562 bits per heavy atom. The maximum absolute atomic E-state index is 6.27. The molecule has 0 saturated carbocycles. The smallest absolute Gasteiger partial charge is 0.0385 e. The molecule has 0 aliphatic carbocycles. The summed E-state index contributed by atoms with van der Waals surface area (Å²) in [5.74, 6) is 0. The molecule has 0 radical (unpaired) electrons. The lowest BCUT2D eigenvalue weighted by atomic mass is 9.89. The molecule has 90 valence electrons. The highest BCUT2D eigenvalue weighted by Gasteiger charge is 2.16. The average molecular weight is 220 g/mol. The zero-order valence-electron chi connectivity index (χ0n) is 11.0. The molecule has 2 heteroatoms. The van der Waals surface area contributed by atoms with Crippen LogP contribution in [0.4, 0.5) is 11.4 Å². The van der Waals surface area contributed by atoms with Gasteiger partial charge in [0.15, 0.2) is 0 Å². The van der Waals surface area contributed by atoms with Crippen molar-refractivity contribution >= 4 is 11.4 Å². The first-order valence-electron chi connectivity index (χ1n) is 6.32. The molecule has 4 N–H and O–H groups in total. The molecule has 16 heavy (non-hydrogen) atoms. The Bertz CT molecular complexity index is 311. The first-order valence-corrected chi connectivity index (χ1v) is 6.32. The van der Waals surface area contributed by atoms with Gasteiger partial charge in [-0.15, -0.1) is 0 Å². The molecule has 0 amide bonds. The fraction of sp³-hybridized carbons (Fsp3) is 0.571. The quantitative estimate of drug-likeness (QED) is 0.766. The van der Waals surface area contributed by atoms with Crippen molar-refractivity contribution < 1.29 is 0 Å². The number of nitrogen functional groups attached to an aromatic ring is 2. The molecule has 0 spiro atoms. The molecular weight excluding hydrogens is 196 g/mol. The molecule has 1 aromatic rings. The van der Waals surface area contributed by atoms with Crippen LogP contribution in [0.2, 0.25) is 0 Å². The summed E-state index contributed by atoms with van der Waals surface area (Å²) in [5, 5.41) is 0. The Kier molecular flexibility index (Phi) is 4.22. The van der Waals surface area contributed by atoms with Crippen molar-refractivity contribution in [2.24, 2.45) is 0 Å². The fourth-order valence-corrected chi connectivity index (χ4v) is 2.63. The lowest BCUT2D eigenvalue weighted by Gasteiger charge is -2.21. The van der Waals surface area contributed by atoms with Gasteiger partial charge in [0, 0.05) is 11.4 Å². The van der Waals surface area contributed by atoms with Gasteiger partial charge in [-0.25, -0.2) is 0 Å². The number of rotatable bonds is 4. The normalized spacial score (nSPS) is 10.8. The van der Waals surface area contributed by atoms with Gasteiger partial charge in [0.1, 0.15) is 0 Å². The number of benzene rings is 1. The van der Waals surface area contributed by atoms with Crippen LogP contribution in [0.25, 0.3) is 0 Å². The second kappa shape index (κ2) is 5.24. The van der Waals surface area contributed by atoms with E-state index in [0.717, 1.165) is 37.1 Å². The molecule has 0 bridgehead atoms. The largest absolute Gasteiger partial charge is 0.398 e. The van der Waals surface area contributed by atoms with Crippen molar-refractivity contribution in [3.8, 4) is 0 Å². The third-order valence-electron chi connectivity index (χ3n) is 3.44. The molecule has 1 aromatic carbocycles. The van der Waals surface area contributed by atoms with Gasteiger partial charge in [0.25, 0.3) is 0 Å². The van der Waals surface area contributed by atoms with Gasteiger partial charge in [0.2, 0.25) is 0 Å². The molecule has 2 nitrogen and oxygen atoms in total. The molecule has 0 atom stereocenters. The average Bonchev–Trinajstić information content (AvgIpc) is 2.30. The van der Waals surface area contributed by atoms with Gasteiger partial charge in [-0.2, -0.15) is 0 Å². The maximum atomic E-state index is 6.27. The number of hydrogen-bond donors (Lipinski definition) is 2. The van der Waals surface area contributed by atoms with Crippen molar-refractivity contribution in [1.29, 1.82) is 0 Å². The van der Waals surface area contributed by atoms with E-state index in [2.05, 4.69) is 27.7 Å². The monoisotopic (exact) mass is 220 g/mol. The highest BCUT2D eigenvalue weighted by Crippen LogP contribution is 2.33. The third-order valence-corrected chi connectivity index (χ3v) is 3.44. The number of nitrogens with two attached hydrogens (primary N) is 2. The van der Waals surface area contributed by atoms with Gasteiger partial charge in [-0.05, 0) is 47.9 Å². The molecule has 0 fully saturated rings. The fourth-order valence-electron chi connectivity index (χ4n) is 2.63. The van der Waals surface area contributed by atoms with Crippen molar-refractivity contribution in [3.63, 3.8) is 0 Å². The van der Waals surface area contributed by atoms with Crippen LogP contribution in [-0.2, 0) is 25.7 Å². The van der Waals surface area contributed by atoms with Crippen LogP contribution in [0.3, 0.4) is 0 Å². The zero-order chi connectivity index (χ0) is 12.3. The zero-order valence-corrected chi connectivity index (χ0v) is 11.0. The van der Waals surface area contributed by atoms with Crippen LogP contribution in [0.15, 0.2) is 0 Å². The minimum Gasteiger partial charge on any atom is -0.398 e. The summed E-state index contributed by atoms with van der Waals surface area (Å²) in [6, 6.07) is 0. The van der Waals surface area contributed by atoms with Crippen molar-refractivity contribution in [2.75, 3.05) is 11.5 Å². The topological polar surface area (TPSA) is 52.0 Å². The SMILES string of the molecule is CCc1c(N)c(CC)c(CC)c(N)c1CC.